The fraction of sp³-hybridized carbons (Fsp3) is 0.208. The standard InChI is InChI=1S/C24H20FN5O2/c1-15-13-28(14-26-15)21-9-2-16(19-7-8-20(19)21)12-22-23-27-24(31)30(29(23)10-11-32-22)18-5-3-17(25)4-6-18/h2-6,9,12-14H,7-8,10-11H2,1H3/b22-12-. The summed E-state index contributed by atoms with van der Waals surface area (Å²) in [5.74, 6) is 0.693. The van der Waals surface area contributed by atoms with E-state index in [-0.39, 0.29) is 5.82 Å². The Labute approximate surface area is 183 Å². The van der Waals surface area contributed by atoms with Gasteiger partial charge in [0.1, 0.15) is 12.4 Å². The summed E-state index contributed by atoms with van der Waals surface area (Å²) < 4.78 is 24.6. The van der Waals surface area contributed by atoms with Gasteiger partial charge in [-0.2, -0.15) is 9.67 Å². The molecule has 6 rings (SSSR count). The Hall–Kier alpha value is -3.94. The minimum absolute atomic E-state index is 0.351. The molecule has 0 radical (unpaired) electrons. The third kappa shape index (κ3) is 2.90. The van der Waals surface area contributed by atoms with Crippen molar-refractivity contribution in [2.24, 2.45) is 0 Å². The topological polar surface area (TPSA) is 66.9 Å². The van der Waals surface area contributed by atoms with Crippen LogP contribution in [0.3, 0.4) is 0 Å². The second-order valence-corrected chi connectivity index (χ2v) is 8.04. The van der Waals surface area contributed by atoms with Gasteiger partial charge in [-0.25, -0.2) is 14.2 Å². The lowest BCUT2D eigenvalue weighted by atomic mass is 9.83. The minimum atomic E-state index is -0.415. The molecular weight excluding hydrogens is 409 g/mol. The quantitative estimate of drug-likeness (QED) is 0.501. The van der Waals surface area contributed by atoms with E-state index in [9.17, 15) is 9.18 Å². The lowest BCUT2D eigenvalue weighted by molar-refractivity contribution is 0.223. The van der Waals surface area contributed by atoms with Gasteiger partial charge >= 0.3 is 5.69 Å². The number of halogens is 1. The summed E-state index contributed by atoms with van der Waals surface area (Å²) in [5.41, 5.74) is 5.94. The predicted molar refractivity (Wildman–Crippen MR) is 117 cm³/mol. The molecule has 0 saturated heterocycles. The highest BCUT2D eigenvalue weighted by Crippen LogP contribution is 2.34. The normalized spacial score (nSPS) is 15.8. The minimum Gasteiger partial charge on any atom is -0.488 e. The van der Waals surface area contributed by atoms with Crippen LogP contribution in [-0.4, -0.2) is 30.5 Å². The van der Waals surface area contributed by atoms with Crippen molar-refractivity contribution in [2.45, 2.75) is 26.3 Å². The highest BCUT2D eigenvalue weighted by atomic mass is 19.1. The molecule has 0 fully saturated rings. The fourth-order valence-corrected chi connectivity index (χ4v) is 4.44. The monoisotopic (exact) mass is 429 g/mol. The maximum atomic E-state index is 13.3. The van der Waals surface area contributed by atoms with E-state index in [0.29, 0.717) is 30.4 Å². The molecule has 4 aromatic rings. The SMILES string of the molecule is Cc1cn(-c2ccc(/C=C3\OCCn4c3nc(=O)n4-c3ccc(F)cc3)c3c2CC3)cn1. The zero-order valence-corrected chi connectivity index (χ0v) is 17.5. The zero-order valence-electron chi connectivity index (χ0n) is 17.5. The molecule has 1 aliphatic heterocycles. The van der Waals surface area contributed by atoms with Crippen LogP contribution in [0.2, 0.25) is 0 Å². The summed E-state index contributed by atoms with van der Waals surface area (Å²) >= 11 is 0. The molecule has 0 unspecified atom stereocenters. The number of nitrogens with zero attached hydrogens (tertiary/aromatic N) is 5. The third-order valence-corrected chi connectivity index (χ3v) is 6.07. The number of benzene rings is 2. The number of aromatic nitrogens is 5. The first kappa shape index (κ1) is 18.8. The maximum Gasteiger partial charge on any atom is 0.369 e. The molecule has 0 bridgehead atoms. The largest absolute Gasteiger partial charge is 0.488 e. The van der Waals surface area contributed by atoms with Gasteiger partial charge in [-0.15, -0.1) is 0 Å². The van der Waals surface area contributed by atoms with Gasteiger partial charge in [-0.3, -0.25) is 4.68 Å². The highest BCUT2D eigenvalue weighted by molar-refractivity contribution is 5.78. The Bertz CT molecular complexity index is 1440. The first-order valence-corrected chi connectivity index (χ1v) is 10.5. The molecule has 2 aromatic heterocycles. The van der Waals surface area contributed by atoms with Gasteiger partial charge in [0.2, 0.25) is 0 Å². The molecule has 32 heavy (non-hydrogen) atoms. The second-order valence-electron chi connectivity index (χ2n) is 8.04. The molecule has 0 spiro atoms. The van der Waals surface area contributed by atoms with Gasteiger partial charge in [0, 0.05) is 11.9 Å². The highest BCUT2D eigenvalue weighted by Gasteiger charge is 2.26. The number of fused-ring (bicyclic) bond motifs is 2. The van der Waals surface area contributed by atoms with Crippen LogP contribution in [-0.2, 0) is 24.1 Å². The van der Waals surface area contributed by atoms with Gasteiger partial charge in [0.25, 0.3) is 0 Å². The first-order chi connectivity index (χ1) is 15.6. The Balaban J connectivity index is 1.42. The molecule has 3 heterocycles. The maximum absolute atomic E-state index is 13.3. The first-order valence-electron chi connectivity index (χ1n) is 10.5. The summed E-state index contributed by atoms with van der Waals surface area (Å²) in [6.45, 7) is 2.88. The third-order valence-electron chi connectivity index (χ3n) is 6.07. The van der Waals surface area contributed by atoms with E-state index in [0.717, 1.165) is 29.8 Å². The van der Waals surface area contributed by atoms with Gasteiger partial charge < -0.3 is 9.30 Å². The summed E-state index contributed by atoms with van der Waals surface area (Å²) in [7, 11) is 0. The van der Waals surface area contributed by atoms with Crippen LogP contribution >= 0.6 is 0 Å². The van der Waals surface area contributed by atoms with E-state index in [4.69, 9.17) is 4.74 Å². The average molecular weight is 429 g/mol. The molecule has 8 heteroatoms. The molecule has 7 nitrogen and oxygen atoms in total. The Morgan fingerprint density at radius 1 is 1.09 bits per heavy atom. The van der Waals surface area contributed by atoms with Crippen molar-refractivity contribution in [2.75, 3.05) is 6.61 Å². The van der Waals surface area contributed by atoms with Crippen molar-refractivity contribution >= 4 is 11.8 Å². The summed E-state index contributed by atoms with van der Waals surface area (Å²) in [4.78, 5) is 21.2. The second kappa shape index (κ2) is 7.05. The van der Waals surface area contributed by atoms with Gasteiger partial charge in [0.05, 0.1) is 24.3 Å². The van der Waals surface area contributed by atoms with Crippen molar-refractivity contribution in [1.29, 1.82) is 0 Å². The lowest BCUT2D eigenvalue weighted by Crippen LogP contribution is -2.26. The van der Waals surface area contributed by atoms with E-state index in [1.54, 1.807) is 16.8 Å². The number of hydrogen-bond donors (Lipinski definition) is 0. The Morgan fingerprint density at radius 2 is 1.91 bits per heavy atom. The van der Waals surface area contributed by atoms with Crippen molar-refractivity contribution in [1.82, 2.24) is 23.9 Å². The Kier molecular flexibility index (Phi) is 4.14. The molecule has 2 aromatic carbocycles. The van der Waals surface area contributed by atoms with E-state index in [1.165, 1.54) is 27.9 Å². The average Bonchev–Trinajstić information content (AvgIpc) is 3.33. The summed E-state index contributed by atoms with van der Waals surface area (Å²) in [6.07, 6.45) is 7.84. The van der Waals surface area contributed by atoms with Crippen LogP contribution in [0.4, 0.5) is 4.39 Å². The molecule has 1 aliphatic carbocycles. The van der Waals surface area contributed by atoms with E-state index in [1.807, 2.05) is 25.5 Å². The number of aryl methyl sites for hydroxylation is 1. The lowest BCUT2D eigenvalue weighted by Gasteiger charge is -2.26. The van der Waals surface area contributed by atoms with E-state index >= 15 is 0 Å². The molecule has 160 valence electrons. The van der Waals surface area contributed by atoms with Crippen LogP contribution < -0.4 is 5.69 Å². The number of imidazole rings is 1. The van der Waals surface area contributed by atoms with E-state index < -0.39 is 5.69 Å². The molecule has 0 saturated carbocycles. The molecule has 2 aliphatic rings. The predicted octanol–water partition coefficient (Wildman–Crippen LogP) is 3.29. The molecule has 0 amide bonds. The number of rotatable bonds is 3. The molecular formula is C24H20FN5O2. The van der Waals surface area contributed by atoms with Gasteiger partial charge in [-0.05, 0) is 72.9 Å². The van der Waals surface area contributed by atoms with Crippen molar-refractivity contribution in [3.05, 3.63) is 93.4 Å². The number of hydrogen-bond acceptors (Lipinski definition) is 4. The zero-order chi connectivity index (χ0) is 21.8. The smallest absolute Gasteiger partial charge is 0.369 e. The van der Waals surface area contributed by atoms with Crippen LogP contribution in [0.25, 0.3) is 23.2 Å². The van der Waals surface area contributed by atoms with Crippen LogP contribution in [0.5, 0.6) is 0 Å². The molecule has 0 N–H and O–H groups in total. The van der Waals surface area contributed by atoms with Crippen LogP contribution in [0.1, 0.15) is 28.2 Å². The van der Waals surface area contributed by atoms with Crippen LogP contribution in [0, 0.1) is 12.7 Å². The van der Waals surface area contributed by atoms with Gasteiger partial charge in [-0.1, -0.05) is 6.07 Å². The Morgan fingerprint density at radius 3 is 2.62 bits per heavy atom. The fourth-order valence-electron chi connectivity index (χ4n) is 4.44. The van der Waals surface area contributed by atoms with E-state index in [2.05, 4.69) is 26.7 Å². The summed E-state index contributed by atoms with van der Waals surface area (Å²) in [5, 5.41) is 0. The van der Waals surface area contributed by atoms with Crippen molar-refractivity contribution < 1.29 is 9.13 Å². The summed E-state index contributed by atoms with van der Waals surface area (Å²) in [6, 6.07) is 9.99. The van der Waals surface area contributed by atoms with Crippen molar-refractivity contribution in [3.63, 3.8) is 0 Å². The van der Waals surface area contributed by atoms with Crippen molar-refractivity contribution in [3.8, 4) is 11.4 Å². The van der Waals surface area contributed by atoms with Gasteiger partial charge in [0.15, 0.2) is 11.6 Å². The molecule has 0 atom stereocenters. The number of ether oxygens (including phenoxy) is 1. The van der Waals surface area contributed by atoms with Crippen LogP contribution in [0.15, 0.2) is 53.7 Å².